The van der Waals surface area contributed by atoms with Crippen LogP contribution in [0.5, 0.6) is 11.5 Å². The molecule has 2 aromatic carbocycles. The average Bonchev–Trinajstić information content (AvgIpc) is 2.60. The minimum atomic E-state index is -0.561. The Labute approximate surface area is 148 Å². The maximum Gasteiger partial charge on any atom is 0.270 e. The van der Waals surface area contributed by atoms with E-state index in [0.29, 0.717) is 24.7 Å². The van der Waals surface area contributed by atoms with E-state index in [-0.39, 0.29) is 28.3 Å². The summed E-state index contributed by atoms with van der Waals surface area (Å²) in [5.41, 5.74) is 0.0386. The topological polar surface area (TPSA) is 81.9 Å². The van der Waals surface area contributed by atoms with Crippen molar-refractivity contribution in [1.29, 1.82) is 0 Å². The highest BCUT2D eigenvalue weighted by molar-refractivity contribution is 6.34. The molecule has 2 aromatic rings. The first kappa shape index (κ1) is 17.0. The average molecular weight is 363 g/mol. The van der Waals surface area contributed by atoms with Gasteiger partial charge in [0.1, 0.15) is 6.61 Å². The fourth-order valence-electron chi connectivity index (χ4n) is 2.54. The zero-order valence-corrected chi connectivity index (χ0v) is 14.1. The van der Waals surface area contributed by atoms with E-state index in [1.165, 1.54) is 23.1 Å². The second-order valence-corrected chi connectivity index (χ2v) is 6.01. The Morgan fingerprint density at radius 2 is 2.04 bits per heavy atom. The molecule has 0 bridgehead atoms. The highest BCUT2D eigenvalue weighted by Crippen LogP contribution is 2.31. The zero-order valence-electron chi connectivity index (χ0n) is 13.3. The Morgan fingerprint density at radius 3 is 2.72 bits per heavy atom. The molecule has 1 aliphatic rings. The van der Waals surface area contributed by atoms with Crippen molar-refractivity contribution in [2.45, 2.75) is 6.10 Å². The van der Waals surface area contributed by atoms with Gasteiger partial charge >= 0.3 is 0 Å². The van der Waals surface area contributed by atoms with Gasteiger partial charge in [0.15, 0.2) is 17.6 Å². The zero-order chi connectivity index (χ0) is 18.0. The number of amides is 1. The predicted molar refractivity (Wildman–Crippen MR) is 91.4 cm³/mol. The molecule has 0 saturated carbocycles. The first-order valence-corrected chi connectivity index (χ1v) is 7.91. The van der Waals surface area contributed by atoms with Gasteiger partial charge in [-0.3, -0.25) is 14.9 Å². The number of carbonyl (C=O) groups is 1. The summed E-state index contributed by atoms with van der Waals surface area (Å²) < 4.78 is 11.5. The van der Waals surface area contributed by atoms with E-state index in [4.69, 9.17) is 21.1 Å². The predicted octanol–water partition coefficient (Wildman–Crippen LogP) is 3.16. The minimum Gasteiger partial charge on any atom is -0.486 e. The SMILES string of the molecule is CN(CC1COc2ccccc2O1)C(=O)c1ccc([N+](=O)[O-])cc1Cl. The molecule has 7 nitrogen and oxygen atoms in total. The normalized spacial score (nSPS) is 15.5. The van der Waals surface area contributed by atoms with Crippen molar-refractivity contribution in [1.82, 2.24) is 4.90 Å². The van der Waals surface area contributed by atoms with Crippen LogP contribution in [0.4, 0.5) is 5.69 Å². The highest BCUT2D eigenvalue weighted by Gasteiger charge is 2.25. The summed E-state index contributed by atoms with van der Waals surface area (Å²) >= 11 is 6.01. The number of hydrogen-bond donors (Lipinski definition) is 0. The number of halogens is 1. The summed E-state index contributed by atoms with van der Waals surface area (Å²) in [5.74, 6) is 0.960. The van der Waals surface area contributed by atoms with Gasteiger partial charge in [-0.05, 0) is 18.2 Å². The number of fused-ring (bicyclic) bond motifs is 1. The fourth-order valence-corrected chi connectivity index (χ4v) is 2.79. The number of non-ortho nitro benzene ring substituents is 1. The van der Waals surface area contributed by atoms with Gasteiger partial charge in [-0.25, -0.2) is 0 Å². The van der Waals surface area contributed by atoms with Gasteiger partial charge in [-0.1, -0.05) is 23.7 Å². The number of carbonyl (C=O) groups excluding carboxylic acids is 1. The molecule has 0 spiro atoms. The van der Waals surface area contributed by atoms with Crippen molar-refractivity contribution in [2.24, 2.45) is 0 Å². The molecule has 130 valence electrons. The molecule has 0 aromatic heterocycles. The number of hydrogen-bond acceptors (Lipinski definition) is 5. The smallest absolute Gasteiger partial charge is 0.270 e. The van der Waals surface area contributed by atoms with E-state index < -0.39 is 4.92 Å². The van der Waals surface area contributed by atoms with Crippen LogP contribution in [0.25, 0.3) is 0 Å². The third-order valence-corrected chi connectivity index (χ3v) is 4.10. The lowest BCUT2D eigenvalue weighted by molar-refractivity contribution is -0.384. The molecule has 1 unspecified atom stereocenters. The Balaban J connectivity index is 1.68. The second kappa shape index (κ2) is 6.98. The first-order chi connectivity index (χ1) is 12.0. The van der Waals surface area contributed by atoms with Gasteiger partial charge in [0.25, 0.3) is 11.6 Å². The fraction of sp³-hybridized carbons (Fsp3) is 0.235. The maximum absolute atomic E-state index is 12.5. The van der Waals surface area contributed by atoms with Crippen molar-refractivity contribution in [3.05, 3.63) is 63.2 Å². The van der Waals surface area contributed by atoms with Gasteiger partial charge in [0.2, 0.25) is 0 Å². The molecule has 0 aliphatic carbocycles. The number of likely N-dealkylation sites (N-methyl/N-ethyl adjacent to an activating group) is 1. The molecule has 8 heteroatoms. The lowest BCUT2D eigenvalue weighted by Crippen LogP contribution is -2.41. The quantitative estimate of drug-likeness (QED) is 0.616. The third kappa shape index (κ3) is 3.66. The third-order valence-electron chi connectivity index (χ3n) is 3.79. The van der Waals surface area contributed by atoms with Crippen LogP contribution in [0.15, 0.2) is 42.5 Å². The molecule has 1 heterocycles. The van der Waals surface area contributed by atoms with Crippen molar-refractivity contribution < 1.29 is 19.2 Å². The summed E-state index contributed by atoms with van der Waals surface area (Å²) in [6.07, 6.45) is -0.319. The van der Waals surface area contributed by atoms with Crippen LogP contribution in [-0.4, -0.2) is 42.0 Å². The van der Waals surface area contributed by atoms with Crippen LogP contribution in [0.1, 0.15) is 10.4 Å². The lowest BCUT2D eigenvalue weighted by Gasteiger charge is -2.29. The molecule has 0 radical (unpaired) electrons. The summed E-state index contributed by atoms with van der Waals surface area (Å²) in [6, 6.07) is 11.1. The van der Waals surface area contributed by atoms with Gasteiger partial charge in [0, 0.05) is 19.2 Å². The number of nitro benzene ring substituents is 1. The lowest BCUT2D eigenvalue weighted by atomic mass is 10.1. The molecular weight excluding hydrogens is 348 g/mol. The van der Waals surface area contributed by atoms with Crippen LogP contribution in [-0.2, 0) is 0 Å². The van der Waals surface area contributed by atoms with Gasteiger partial charge in [0.05, 0.1) is 22.1 Å². The molecule has 1 amide bonds. The van der Waals surface area contributed by atoms with Crippen LogP contribution >= 0.6 is 11.6 Å². The van der Waals surface area contributed by atoms with Crippen molar-refractivity contribution in [3.63, 3.8) is 0 Å². The number of rotatable bonds is 4. The molecule has 0 N–H and O–H groups in total. The Hall–Kier alpha value is -2.80. The number of nitro groups is 1. The maximum atomic E-state index is 12.5. The number of benzene rings is 2. The van der Waals surface area contributed by atoms with Crippen molar-refractivity contribution >= 4 is 23.2 Å². The minimum absolute atomic E-state index is 0.0391. The number of ether oxygens (including phenoxy) is 2. The van der Waals surface area contributed by atoms with E-state index >= 15 is 0 Å². The van der Waals surface area contributed by atoms with E-state index in [1.54, 1.807) is 13.1 Å². The van der Waals surface area contributed by atoms with E-state index in [1.807, 2.05) is 18.2 Å². The van der Waals surface area contributed by atoms with E-state index in [2.05, 4.69) is 0 Å². The van der Waals surface area contributed by atoms with Crippen LogP contribution in [0, 0.1) is 10.1 Å². The van der Waals surface area contributed by atoms with Crippen LogP contribution < -0.4 is 9.47 Å². The molecule has 0 saturated heterocycles. The Kier molecular flexibility index (Phi) is 4.76. The monoisotopic (exact) mass is 362 g/mol. The first-order valence-electron chi connectivity index (χ1n) is 7.53. The molecule has 1 atom stereocenters. The molecule has 1 aliphatic heterocycles. The molecule has 25 heavy (non-hydrogen) atoms. The summed E-state index contributed by atoms with van der Waals surface area (Å²) in [7, 11) is 1.62. The molecule has 3 rings (SSSR count). The number of nitrogens with zero attached hydrogens (tertiary/aromatic N) is 2. The van der Waals surface area contributed by atoms with Gasteiger partial charge in [-0.15, -0.1) is 0 Å². The largest absolute Gasteiger partial charge is 0.486 e. The van der Waals surface area contributed by atoms with Gasteiger partial charge < -0.3 is 14.4 Å². The van der Waals surface area contributed by atoms with Gasteiger partial charge in [-0.2, -0.15) is 0 Å². The van der Waals surface area contributed by atoms with E-state index in [0.717, 1.165) is 0 Å². The number of para-hydroxylation sites is 2. The van der Waals surface area contributed by atoms with Crippen LogP contribution in [0.3, 0.4) is 0 Å². The summed E-state index contributed by atoms with van der Waals surface area (Å²) in [5, 5.41) is 10.8. The standard InChI is InChI=1S/C17H15ClN2O5/c1-19(9-12-10-24-15-4-2-3-5-16(15)25-12)17(21)13-7-6-11(20(22)23)8-14(13)18/h2-8,12H,9-10H2,1H3. The van der Waals surface area contributed by atoms with E-state index in [9.17, 15) is 14.9 Å². The van der Waals surface area contributed by atoms with Crippen molar-refractivity contribution in [3.8, 4) is 11.5 Å². The Bertz CT molecular complexity index is 826. The highest BCUT2D eigenvalue weighted by atomic mass is 35.5. The summed E-state index contributed by atoms with van der Waals surface area (Å²) in [4.78, 5) is 24.2. The summed E-state index contributed by atoms with van der Waals surface area (Å²) in [6.45, 7) is 0.614. The second-order valence-electron chi connectivity index (χ2n) is 5.60. The Morgan fingerprint density at radius 1 is 1.32 bits per heavy atom. The molecule has 0 fully saturated rings. The van der Waals surface area contributed by atoms with Crippen LogP contribution in [0.2, 0.25) is 5.02 Å². The molecular formula is C17H15ClN2O5. The van der Waals surface area contributed by atoms with Crippen molar-refractivity contribution in [2.75, 3.05) is 20.2 Å².